The van der Waals surface area contributed by atoms with Crippen LogP contribution in [0.5, 0.6) is 11.5 Å². The highest BCUT2D eigenvalue weighted by molar-refractivity contribution is 5.57. The van der Waals surface area contributed by atoms with E-state index in [1.54, 1.807) is 38.7 Å². The molecule has 0 bridgehead atoms. The van der Waals surface area contributed by atoms with Gasteiger partial charge in [0.05, 0.1) is 37.0 Å². The summed E-state index contributed by atoms with van der Waals surface area (Å²) in [5.41, 5.74) is 5.82. The van der Waals surface area contributed by atoms with E-state index in [9.17, 15) is 0 Å². The smallest absolute Gasteiger partial charge is 0.122 e. The van der Waals surface area contributed by atoms with Crippen molar-refractivity contribution in [3.63, 3.8) is 0 Å². The van der Waals surface area contributed by atoms with E-state index in [1.165, 1.54) is 11.1 Å². The van der Waals surface area contributed by atoms with E-state index in [-0.39, 0.29) is 0 Å². The minimum Gasteiger partial charge on any atom is -0.497 e. The Bertz CT molecular complexity index is 1030. The minimum atomic E-state index is 0.759. The molecule has 0 fully saturated rings. The van der Waals surface area contributed by atoms with Gasteiger partial charge in [0.1, 0.15) is 11.5 Å². The Morgan fingerprint density at radius 3 is 1.17 bits per heavy atom. The van der Waals surface area contributed by atoms with E-state index >= 15 is 0 Å². The first-order chi connectivity index (χ1) is 14.6. The van der Waals surface area contributed by atoms with Gasteiger partial charge < -0.3 is 9.47 Å². The summed E-state index contributed by atoms with van der Waals surface area (Å²) in [6.45, 7) is 4.11. The first kappa shape index (κ1) is 20.9. The van der Waals surface area contributed by atoms with Crippen molar-refractivity contribution in [2.75, 3.05) is 14.2 Å². The lowest BCUT2D eigenvalue weighted by atomic mass is 10.1. The second kappa shape index (κ2) is 10.1. The van der Waals surface area contributed by atoms with Crippen molar-refractivity contribution in [3.8, 4) is 34.3 Å². The molecular weight excluding hydrogens is 376 g/mol. The summed E-state index contributed by atoms with van der Waals surface area (Å²) in [7, 11) is 3.25. The maximum absolute atomic E-state index is 5.13. The number of nitrogens with zero attached hydrogens (tertiary/aromatic N) is 4. The lowest BCUT2D eigenvalue weighted by Gasteiger charge is -2.04. The molecule has 0 N–H and O–H groups in total. The lowest BCUT2D eigenvalue weighted by Crippen LogP contribution is -1.90. The zero-order valence-electron chi connectivity index (χ0n) is 17.5. The van der Waals surface area contributed by atoms with Crippen LogP contribution >= 0.6 is 0 Å². The zero-order chi connectivity index (χ0) is 21.3. The topological polar surface area (TPSA) is 70.0 Å². The third-order valence-electron chi connectivity index (χ3n) is 4.29. The second-order valence-electron chi connectivity index (χ2n) is 6.60. The van der Waals surface area contributed by atoms with E-state index in [0.29, 0.717) is 0 Å². The van der Waals surface area contributed by atoms with Crippen LogP contribution in [0.25, 0.3) is 22.8 Å². The van der Waals surface area contributed by atoms with E-state index in [1.807, 2.05) is 48.8 Å². The number of aromatic nitrogens is 4. The van der Waals surface area contributed by atoms with Crippen LogP contribution in [-0.2, 0) is 0 Å². The minimum absolute atomic E-state index is 0.759. The number of pyridine rings is 4. The van der Waals surface area contributed by atoms with Crippen LogP contribution in [0.2, 0.25) is 0 Å². The number of rotatable bonds is 4. The van der Waals surface area contributed by atoms with Crippen LogP contribution < -0.4 is 9.47 Å². The first-order valence-electron chi connectivity index (χ1n) is 9.45. The van der Waals surface area contributed by atoms with Crippen LogP contribution in [0.1, 0.15) is 11.1 Å². The van der Waals surface area contributed by atoms with Crippen molar-refractivity contribution in [1.82, 2.24) is 19.9 Å². The molecule has 6 heteroatoms. The number of ether oxygens (including phenoxy) is 2. The Labute approximate surface area is 176 Å². The van der Waals surface area contributed by atoms with Gasteiger partial charge >= 0.3 is 0 Å². The Morgan fingerprint density at radius 1 is 0.500 bits per heavy atom. The monoisotopic (exact) mass is 400 g/mol. The van der Waals surface area contributed by atoms with Gasteiger partial charge in [-0.15, -0.1) is 0 Å². The average Bonchev–Trinajstić information content (AvgIpc) is 2.79. The van der Waals surface area contributed by atoms with Gasteiger partial charge in [0.15, 0.2) is 0 Å². The molecule has 0 unspecified atom stereocenters. The molecule has 30 heavy (non-hydrogen) atoms. The van der Waals surface area contributed by atoms with Gasteiger partial charge in [0, 0.05) is 36.9 Å². The molecule has 0 spiro atoms. The molecule has 0 saturated carbocycles. The number of hydrogen-bond acceptors (Lipinski definition) is 6. The van der Waals surface area contributed by atoms with Crippen molar-refractivity contribution in [2.45, 2.75) is 13.8 Å². The van der Waals surface area contributed by atoms with Crippen LogP contribution in [0.4, 0.5) is 0 Å². The van der Waals surface area contributed by atoms with Gasteiger partial charge in [0.25, 0.3) is 0 Å². The molecule has 0 aromatic carbocycles. The summed E-state index contributed by atoms with van der Waals surface area (Å²) in [5.74, 6) is 1.52. The molecule has 0 saturated heterocycles. The maximum atomic E-state index is 5.13. The quantitative estimate of drug-likeness (QED) is 0.484. The fraction of sp³-hybridized carbons (Fsp3) is 0.167. The summed E-state index contributed by atoms with van der Waals surface area (Å²) in [6, 6.07) is 15.3. The Kier molecular flexibility index (Phi) is 7.05. The molecule has 0 aliphatic rings. The maximum Gasteiger partial charge on any atom is 0.122 e. The van der Waals surface area contributed by atoms with E-state index < -0.39 is 0 Å². The fourth-order valence-electron chi connectivity index (χ4n) is 2.71. The second-order valence-corrected chi connectivity index (χ2v) is 6.60. The molecule has 4 aromatic rings. The Morgan fingerprint density at radius 2 is 0.833 bits per heavy atom. The van der Waals surface area contributed by atoms with Crippen molar-refractivity contribution >= 4 is 0 Å². The molecule has 4 aromatic heterocycles. The molecule has 0 atom stereocenters. The van der Waals surface area contributed by atoms with Gasteiger partial charge in [-0.1, -0.05) is 0 Å². The Hall–Kier alpha value is -3.80. The molecule has 0 aliphatic carbocycles. The summed E-state index contributed by atoms with van der Waals surface area (Å²) in [6.07, 6.45) is 7.01. The SMILES string of the molecule is COc1ccnc(-c2cc(OC)ccn2)c1.Cc1ccnc(-c2cc(C)ccn2)c1. The van der Waals surface area contributed by atoms with Gasteiger partial charge in [-0.05, 0) is 61.4 Å². The van der Waals surface area contributed by atoms with Crippen molar-refractivity contribution in [2.24, 2.45) is 0 Å². The molecule has 0 amide bonds. The van der Waals surface area contributed by atoms with Gasteiger partial charge in [-0.25, -0.2) is 0 Å². The number of hydrogen-bond donors (Lipinski definition) is 0. The predicted molar refractivity (Wildman–Crippen MR) is 118 cm³/mol. The van der Waals surface area contributed by atoms with Crippen molar-refractivity contribution in [3.05, 3.63) is 84.4 Å². The number of aryl methyl sites for hydroxylation is 2. The molecule has 4 rings (SSSR count). The molecule has 0 aliphatic heterocycles. The van der Waals surface area contributed by atoms with E-state index in [4.69, 9.17) is 9.47 Å². The largest absolute Gasteiger partial charge is 0.497 e. The molecule has 6 nitrogen and oxygen atoms in total. The van der Waals surface area contributed by atoms with Crippen LogP contribution in [0, 0.1) is 13.8 Å². The summed E-state index contributed by atoms with van der Waals surface area (Å²) in [5, 5.41) is 0. The zero-order valence-corrected chi connectivity index (χ0v) is 17.5. The van der Waals surface area contributed by atoms with Crippen LogP contribution in [0.3, 0.4) is 0 Å². The lowest BCUT2D eigenvalue weighted by molar-refractivity contribution is 0.413. The third-order valence-corrected chi connectivity index (χ3v) is 4.29. The van der Waals surface area contributed by atoms with Gasteiger partial charge in [0.2, 0.25) is 0 Å². The molecule has 0 radical (unpaired) electrons. The van der Waals surface area contributed by atoms with E-state index in [2.05, 4.69) is 33.8 Å². The van der Waals surface area contributed by atoms with Crippen LogP contribution in [0.15, 0.2) is 73.3 Å². The predicted octanol–water partition coefficient (Wildman–Crippen LogP) is 4.92. The standard InChI is InChI=1S/C12H12N2O2.C12H12N2/c1-15-9-3-5-13-11(7-9)12-8-10(16-2)4-6-14-12;1-9-3-5-13-11(7-9)12-8-10(2)4-6-14-12/h3-8H,1-2H3;3-8H,1-2H3. The van der Waals surface area contributed by atoms with Crippen molar-refractivity contribution < 1.29 is 9.47 Å². The summed E-state index contributed by atoms with van der Waals surface area (Å²) in [4.78, 5) is 17.0. The highest BCUT2D eigenvalue weighted by Gasteiger charge is 2.04. The highest BCUT2D eigenvalue weighted by atomic mass is 16.5. The van der Waals surface area contributed by atoms with Gasteiger partial charge in [-0.2, -0.15) is 0 Å². The highest BCUT2D eigenvalue weighted by Crippen LogP contribution is 2.22. The van der Waals surface area contributed by atoms with Gasteiger partial charge in [-0.3, -0.25) is 19.9 Å². The van der Waals surface area contributed by atoms with Crippen LogP contribution in [-0.4, -0.2) is 34.2 Å². The third kappa shape index (κ3) is 5.61. The molecule has 152 valence electrons. The van der Waals surface area contributed by atoms with Crippen molar-refractivity contribution in [1.29, 1.82) is 0 Å². The summed E-state index contributed by atoms with van der Waals surface area (Å²) >= 11 is 0. The fourth-order valence-corrected chi connectivity index (χ4v) is 2.71. The van der Waals surface area contributed by atoms with E-state index in [0.717, 1.165) is 34.3 Å². The average molecular weight is 400 g/mol. The summed E-state index contributed by atoms with van der Waals surface area (Å²) < 4.78 is 10.3. The normalized spacial score (nSPS) is 10.0. The first-order valence-corrected chi connectivity index (χ1v) is 9.45. The molecule has 4 heterocycles. The molecular formula is C24H24N4O2. The number of methoxy groups -OCH3 is 2. The Balaban J connectivity index is 0.000000172.